The second kappa shape index (κ2) is 17.7. The summed E-state index contributed by atoms with van der Waals surface area (Å²) >= 11 is 0. The second-order valence-corrected chi connectivity index (χ2v) is 10.1. The molecule has 2 fully saturated rings. The summed E-state index contributed by atoms with van der Waals surface area (Å²) in [6, 6.07) is 5.09. The number of carbonyl (C=O) groups is 3. The standard InChI is InChI=1S/C20H31N5.3C2HF3O2/c1-24-20-17(18(23-24)15-21-16-9-5-4-6-10-16)11-12-19(22-20)25-13-7-2-3-8-14-25;3*3-2(4,5)1(6)7/h11-12,16,21H,2-10,13-15H2,1H3;3*(H,6,7). The minimum absolute atomic E-state index is 0.662. The molecule has 2 aromatic heterocycles. The Morgan fingerprint density at radius 1 is 0.761 bits per heavy atom. The van der Waals surface area contributed by atoms with Crippen LogP contribution in [-0.4, -0.2) is 85.7 Å². The van der Waals surface area contributed by atoms with Gasteiger partial charge >= 0.3 is 36.4 Å². The molecule has 0 spiro atoms. The molecule has 3 heterocycles. The zero-order valence-electron chi connectivity index (χ0n) is 24.5. The van der Waals surface area contributed by atoms with Crippen LogP contribution in [-0.2, 0) is 28.0 Å². The van der Waals surface area contributed by atoms with Gasteiger partial charge in [0.2, 0.25) is 0 Å². The molecule has 46 heavy (non-hydrogen) atoms. The first-order chi connectivity index (χ1) is 21.1. The lowest BCUT2D eigenvalue weighted by atomic mass is 9.95. The number of rotatable bonds is 4. The van der Waals surface area contributed by atoms with Crippen LogP contribution >= 0.6 is 0 Å². The zero-order chi connectivity index (χ0) is 35.3. The molecule has 1 aliphatic heterocycles. The minimum Gasteiger partial charge on any atom is -0.475 e. The molecule has 2 aromatic rings. The first kappa shape index (κ1) is 40.2. The van der Waals surface area contributed by atoms with E-state index in [2.05, 4.69) is 22.3 Å². The van der Waals surface area contributed by atoms with Gasteiger partial charge in [0, 0.05) is 38.1 Å². The number of anilines is 1. The normalized spacial score (nSPS) is 16.1. The van der Waals surface area contributed by atoms with Gasteiger partial charge < -0.3 is 25.5 Å². The van der Waals surface area contributed by atoms with Crippen molar-refractivity contribution >= 4 is 34.8 Å². The van der Waals surface area contributed by atoms with Gasteiger partial charge in [0.15, 0.2) is 5.65 Å². The fraction of sp³-hybridized carbons (Fsp3) is 0.654. The van der Waals surface area contributed by atoms with Gasteiger partial charge in [-0.05, 0) is 37.8 Å². The number of aliphatic carboxylic acids is 3. The summed E-state index contributed by atoms with van der Waals surface area (Å²) in [7, 11) is 2.02. The number of nitrogens with one attached hydrogen (secondary N) is 1. The van der Waals surface area contributed by atoms with Gasteiger partial charge in [0.1, 0.15) is 5.82 Å². The molecule has 4 N–H and O–H groups in total. The van der Waals surface area contributed by atoms with Crippen LogP contribution in [0.2, 0.25) is 0 Å². The number of nitrogens with zero attached hydrogens (tertiary/aromatic N) is 4. The van der Waals surface area contributed by atoms with Crippen molar-refractivity contribution in [2.45, 2.75) is 88.9 Å². The number of carboxylic acids is 3. The SMILES string of the molecule is Cn1nc(CNC2CCCCC2)c2ccc(N3CCCCCC3)nc21.O=C(O)C(F)(F)F.O=C(O)C(F)(F)F.O=C(O)C(F)(F)F. The second-order valence-electron chi connectivity index (χ2n) is 10.1. The smallest absolute Gasteiger partial charge is 0.475 e. The molecule has 1 aliphatic carbocycles. The highest BCUT2D eigenvalue weighted by atomic mass is 19.4. The average Bonchev–Trinajstić information content (AvgIpc) is 3.10. The fourth-order valence-corrected chi connectivity index (χ4v) is 4.35. The van der Waals surface area contributed by atoms with E-state index in [1.165, 1.54) is 63.2 Å². The van der Waals surface area contributed by atoms with E-state index in [1.807, 2.05) is 11.7 Å². The monoisotopic (exact) mass is 683 g/mol. The van der Waals surface area contributed by atoms with Crippen molar-refractivity contribution in [3.8, 4) is 0 Å². The lowest BCUT2D eigenvalue weighted by Gasteiger charge is -2.22. The van der Waals surface area contributed by atoms with Gasteiger partial charge in [-0.15, -0.1) is 0 Å². The van der Waals surface area contributed by atoms with E-state index in [9.17, 15) is 39.5 Å². The van der Waals surface area contributed by atoms with Gasteiger partial charge in [-0.2, -0.15) is 44.6 Å². The van der Waals surface area contributed by atoms with Crippen LogP contribution in [0, 0.1) is 0 Å². The molecule has 0 atom stereocenters. The third kappa shape index (κ3) is 14.5. The number of hydrogen-bond acceptors (Lipinski definition) is 7. The van der Waals surface area contributed by atoms with E-state index in [-0.39, 0.29) is 0 Å². The van der Waals surface area contributed by atoms with E-state index >= 15 is 0 Å². The minimum atomic E-state index is -5.08. The summed E-state index contributed by atoms with van der Waals surface area (Å²) in [5.74, 6) is -7.16. The van der Waals surface area contributed by atoms with Gasteiger partial charge in [-0.1, -0.05) is 32.1 Å². The maximum atomic E-state index is 10.6. The van der Waals surface area contributed by atoms with Crippen LogP contribution in [0.15, 0.2) is 12.1 Å². The highest BCUT2D eigenvalue weighted by Crippen LogP contribution is 2.24. The van der Waals surface area contributed by atoms with Crippen molar-refractivity contribution in [1.29, 1.82) is 0 Å². The molecule has 2 aliphatic rings. The highest BCUT2D eigenvalue weighted by Gasteiger charge is 2.39. The van der Waals surface area contributed by atoms with Crippen molar-refractivity contribution in [3.63, 3.8) is 0 Å². The first-order valence-corrected chi connectivity index (χ1v) is 13.9. The first-order valence-electron chi connectivity index (χ1n) is 13.9. The van der Waals surface area contributed by atoms with Crippen molar-refractivity contribution in [2.24, 2.45) is 7.05 Å². The average molecular weight is 684 g/mol. The predicted octanol–water partition coefficient (Wildman–Crippen LogP) is 5.67. The van der Waals surface area contributed by atoms with Gasteiger partial charge in [0.05, 0.1) is 5.69 Å². The summed E-state index contributed by atoms with van der Waals surface area (Å²) < 4.78 is 97.2. The molecule has 262 valence electrons. The molecule has 1 saturated carbocycles. The third-order valence-corrected chi connectivity index (χ3v) is 6.57. The number of alkyl halides is 9. The maximum Gasteiger partial charge on any atom is 0.490 e. The Balaban J connectivity index is 0.000000413. The molecule has 0 bridgehead atoms. The summed E-state index contributed by atoms with van der Waals surface area (Å²) in [6.07, 6.45) is -3.26. The molecular formula is C26H34F9N5O6. The van der Waals surface area contributed by atoms with Crippen molar-refractivity contribution < 1.29 is 69.2 Å². The van der Waals surface area contributed by atoms with Crippen LogP contribution in [0.4, 0.5) is 45.3 Å². The molecular weight excluding hydrogens is 649 g/mol. The molecule has 20 heteroatoms. The Kier molecular flexibility index (Phi) is 15.5. The number of fused-ring (bicyclic) bond motifs is 1. The van der Waals surface area contributed by atoms with Crippen LogP contribution < -0.4 is 10.2 Å². The molecule has 11 nitrogen and oxygen atoms in total. The number of aryl methyl sites for hydroxylation is 1. The van der Waals surface area contributed by atoms with Gasteiger partial charge in [0.25, 0.3) is 0 Å². The Bertz CT molecular complexity index is 1210. The van der Waals surface area contributed by atoms with E-state index in [1.54, 1.807) is 0 Å². The topological polar surface area (TPSA) is 158 Å². The third-order valence-electron chi connectivity index (χ3n) is 6.57. The highest BCUT2D eigenvalue weighted by molar-refractivity contribution is 5.80. The van der Waals surface area contributed by atoms with Crippen LogP contribution in [0.3, 0.4) is 0 Å². The Hall–Kier alpha value is -3.84. The van der Waals surface area contributed by atoms with E-state index < -0.39 is 36.4 Å². The lowest BCUT2D eigenvalue weighted by Crippen LogP contribution is -2.30. The summed E-state index contributed by atoms with van der Waals surface area (Å²) in [6.45, 7) is 3.12. The van der Waals surface area contributed by atoms with Gasteiger partial charge in [-0.3, -0.25) is 4.68 Å². The van der Waals surface area contributed by atoms with Crippen LogP contribution in [0.25, 0.3) is 11.0 Å². The summed E-state index contributed by atoms with van der Waals surface area (Å²) in [5.41, 5.74) is 2.15. The molecule has 0 amide bonds. The number of aromatic nitrogens is 3. The largest absolute Gasteiger partial charge is 0.490 e. The Labute approximate surface area is 256 Å². The van der Waals surface area contributed by atoms with E-state index in [0.717, 1.165) is 36.8 Å². The Morgan fingerprint density at radius 2 is 1.17 bits per heavy atom. The van der Waals surface area contributed by atoms with Crippen LogP contribution in [0.1, 0.15) is 63.5 Å². The van der Waals surface area contributed by atoms with Crippen molar-refractivity contribution in [1.82, 2.24) is 20.1 Å². The molecule has 1 saturated heterocycles. The lowest BCUT2D eigenvalue weighted by molar-refractivity contribution is -0.193. The summed E-state index contributed by atoms with van der Waals surface area (Å²) in [5, 5.41) is 31.0. The predicted molar refractivity (Wildman–Crippen MR) is 144 cm³/mol. The number of carboxylic acid groups (broad SMARTS) is 3. The quantitative estimate of drug-likeness (QED) is 0.296. The van der Waals surface area contributed by atoms with Crippen molar-refractivity contribution in [2.75, 3.05) is 18.0 Å². The Morgan fingerprint density at radius 3 is 1.59 bits per heavy atom. The molecule has 0 aromatic carbocycles. The molecule has 4 rings (SSSR count). The van der Waals surface area contributed by atoms with E-state index in [4.69, 9.17) is 39.8 Å². The number of halogens is 9. The zero-order valence-corrected chi connectivity index (χ0v) is 24.5. The molecule has 0 radical (unpaired) electrons. The number of hydrogen-bond donors (Lipinski definition) is 4. The fourth-order valence-electron chi connectivity index (χ4n) is 4.35. The number of pyridine rings is 1. The molecule has 0 unspecified atom stereocenters. The summed E-state index contributed by atoms with van der Waals surface area (Å²) in [4.78, 5) is 34.1. The van der Waals surface area contributed by atoms with Gasteiger partial charge in [-0.25, -0.2) is 19.4 Å². The van der Waals surface area contributed by atoms with E-state index in [0.29, 0.717) is 6.04 Å². The van der Waals surface area contributed by atoms with Crippen molar-refractivity contribution in [3.05, 3.63) is 17.8 Å². The van der Waals surface area contributed by atoms with Crippen LogP contribution in [0.5, 0.6) is 0 Å². The maximum absolute atomic E-state index is 10.6.